The number of anilines is 1. The van der Waals surface area contributed by atoms with E-state index in [0.29, 0.717) is 35.8 Å². The summed E-state index contributed by atoms with van der Waals surface area (Å²) in [5.74, 6) is -0.236. The average Bonchev–Trinajstić information content (AvgIpc) is 2.88. The summed E-state index contributed by atoms with van der Waals surface area (Å²) in [6.07, 6.45) is 1.60. The third-order valence-electron chi connectivity index (χ3n) is 6.96. The van der Waals surface area contributed by atoms with Crippen molar-refractivity contribution >= 4 is 39.0 Å². The SMILES string of the molecule is CC1CCN(S(=O)(=O)c2ccc(Cl)c(C(=O)Nc3cccc(C(=O)c4ccc(C(C)(C)C)cc4)c3)c2)CC1. The zero-order valence-corrected chi connectivity index (χ0v) is 23.7. The molecule has 0 aromatic heterocycles. The molecular weight excluding hydrogens is 520 g/mol. The molecule has 0 saturated carbocycles. The molecule has 38 heavy (non-hydrogen) atoms. The van der Waals surface area contributed by atoms with Gasteiger partial charge in [-0.2, -0.15) is 4.31 Å². The van der Waals surface area contributed by atoms with Crippen molar-refractivity contribution in [2.75, 3.05) is 18.4 Å². The van der Waals surface area contributed by atoms with Gasteiger partial charge in [-0.1, -0.05) is 75.7 Å². The summed E-state index contributed by atoms with van der Waals surface area (Å²) in [6.45, 7) is 9.35. The largest absolute Gasteiger partial charge is 0.322 e. The lowest BCUT2D eigenvalue weighted by Gasteiger charge is -2.29. The number of hydrogen-bond acceptors (Lipinski definition) is 4. The third kappa shape index (κ3) is 6.17. The van der Waals surface area contributed by atoms with Gasteiger partial charge in [0.25, 0.3) is 5.91 Å². The maximum absolute atomic E-state index is 13.2. The number of rotatable bonds is 6. The van der Waals surface area contributed by atoms with E-state index in [4.69, 9.17) is 11.6 Å². The van der Waals surface area contributed by atoms with Gasteiger partial charge in [-0.15, -0.1) is 0 Å². The van der Waals surface area contributed by atoms with E-state index in [9.17, 15) is 18.0 Å². The number of carbonyl (C=O) groups is 2. The number of amides is 1. The number of halogens is 1. The molecule has 1 aliphatic heterocycles. The van der Waals surface area contributed by atoms with Crippen LogP contribution in [-0.2, 0) is 15.4 Å². The second kappa shape index (κ2) is 11.0. The summed E-state index contributed by atoms with van der Waals surface area (Å²) >= 11 is 6.30. The van der Waals surface area contributed by atoms with Crippen LogP contribution in [0.1, 0.15) is 72.4 Å². The van der Waals surface area contributed by atoms with Crippen LogP contribution in [0.4, 0.5) is 5.69 Å². The summed E-state index contributed by atoms with van der Waals surface area (Å²) in [5.41, 5.74) is 2.54. The number of nitrogens with one attached hydrogen (secondary N) is 1. The molecule has 1 aliphatic rings. The summed E-state index contributed by atoms with van der Waals surface area (Å²) in [4.78, 5) is 26.2. The first-order chi connectivity index (χ1) is 17.9. The van der Waals surface area contributed by atoms with Crippen LogP contribution in [0.15, 0.2) is 71.6 Å². The minimum Gasteiger partial charge on any atom is -0.322 e. The Morgan fingerprint density at radius 1 is 0.921 bits per heavy atom. The Morgan fingerprint density at radius 3 is 2.21 bits per heavy atom. The molecule has 1 heterocycles. The first kappa shape index (κ1) is 28.0. The van der Waals surface area contributed by atoms with E-state index in [2.05, 4.69) is 33.0 Å². The highest BCUT2D eigenvalue weighted by atomic mass is 35.5. The fourth-order valence-corrected chi connectivity index (χ4v) is 6.14. The normalized spacial score (nSPS) is 15.3. The highest BCUT2D eigenvalue weighted by Gasteiger charge is 2.29. The van der Waals surface area contributed by atoms with Crippen LogP contribution >= 0.6 is 11.6 Å². The van der Waals surface area contributed by atoms with Crippen molar-refractivity contribution in [2.24, 2.45) is 5.92 Å². The monoisotopic (exact) mass is 552 g/mol. The number of piperidine rings is 1. The van der Waals surface area contributed by atoms with Crippen LogP contribution in [0.5, 0.6) is 0 Å². The predicted octanol–water partition coefficient (Wildman–Crippen LogP) is 6.54. The van der Waals surface area contributed by atoms with Crippen molar-refractivity contribution in [2.45, 2.75) is 50.8 Å². The predicted molar refractivity (Wildman–Crippen MR) is 152 cm³/mol. The lowest BCUT2D eigenvalue weighted by Crippen LogP contribution is -2.37. The summed E-state index contributed by atoms with van der Waals surface area (Å²) in [6, 6.07) is 18.3. The Bertz CT molecular complexity index is 1450. The molecule has 3 aromatic rings. The minimum atomic E-state index is -3.74. The third-order valence-corrected chi connectivity index (χ3v) is 9.18. The quantitative estimate of drug-likeness (QED) is 0.352. The van der Waals surface area contributed by atoms with Crippen LogP contribution < -0.4 is 5.32 Å². The van der Waals surface area contributed by atoms with E-state index < -0.39 is 15.9 Å². The lowest BCUT2D eigenvalue weighted by atomic mass is 9.86. The molecule has 1 amide bonds. The van der Waals surface area contributed by atoms with Gasteiger partial charge in [0.1, 0.15) is 0 Å². The van der Waals surface area contributed by atoms with Crippen molar-refractivity contribution in [3.63, 3.8) is 0 Å². The topological polar surface area (TPSA) is 83.6 Å². The fourth-order valence-electron chi connectivity index (χ4n) is 4.44. The molecule has 0 spiro atoms. The van der Waals surface area contributed by atoms with E-state index in [1.165, 1.54) is 22.5 Å². The van der Waals surface area contributed by atoms with E-state index in [-0.39, 0.29) is 26.7 Å². The molecule has 0 atom stereocenters. The van der Waals surface area contributed by atoms with Crippen LogP contribution in [0.25, 0.3) is 0 Å². The van der Waals surface area contributed by atoms with Gasteiger partial charge in [0, 0.05) is 29.9 Å². The molecule has 1 N–H and O–H groups in total. The summed E-state index contributed by atoms with van der Waals surface area (Å²) < 4.78 is 27.8. The zero-order valence-electron chi connectivity index (χ0n) is 22.1. The van der Waals surface area contributed by atoms with Gasteiger partial charge in [-0.05, 0) is 60.1 Å². The Balaban J connectivity index is 1.53. The van der Waals surface area contributed by atoms with Gasteiger partial charge < -0.3 is 5.32 Å². The smallest absolute Gasteiger partial charge is 0.257 e. The van der Waals surface area contributed by atoms with E-state index in [1.807, 2.05) is 24.3 Å². The molecule has 0 aliphatic carbocycles. The molecule has 200 valence electrons. The number of benzene rings is 3. The van der Waals surface area contributed by atoms with Crippen LogP contribution in [0.2, 0.25) is 5.02 Å². The lowest BCUT2D eigenvalue weighted by molar-refractivity contribution is 0.102. The molecule has 3 aromatic carbocycles. The highest BCUT2D eigenvalue weighted by Crippen LogP contribution is 2.28. The molecule has 1 saturated heterocycles. The van der Waals surface area contributed by atoms with Crippen molar-refractivity contribution in [3.05, 3.63) is 94.0 Å². The van der Waals surface area contributed by atoms with Crippen molar-refractivity contribution in [1.82, 2.24) is 4.31 Å². The number of sulfonamides is 1. The van der Waals surface area contributed by atoms with Gasteiger partial charge in [0.05, 0.1) is 15.5 Å². The molecule has 0 unspecified atom stereocenters. The average molecular weight is 553 g/mol. The van der Waals surface area contributed by atoms with Crippen molar-refractivity contribution < 1.29 is 18.0 Å². The van der Waals surface area contributed by atoms with E-state index in [0.717, 1.165) is 18.4 Å². The minimum absolute atomic E-state index is 0.0178. The highest BCUT2D eigenvalue weighted by molar-refractivity contribution is 7.89. The Kier molecular flexibility index (Phi) is 8.12. The number of hydrogen-bond donors (Lipinski definition) is 1. The van der Waals surface area contributed by atoms with Crippen LogP contribution in [0, 0.1) is 5.92 Å². The second-order valence-electron chi connectivity index (χ2n) is 10.9. The molecule has 6 nitrogen and oxygen atoms in total. The molecular formula is C30H33ClN2O4S. The van der Waals surface area contributed by atoms with Gasteiger partial charge in [-0.25, -0.2) is 8.42 Å². The maximum atomic E-state index is 13.2. The summed E-state index contributed by atoms with van der Waals surface area (Å²) in [5, 5.41) is 2.89. The Morgan fingerprint density at radius 2 is 1.58 bits per heavy atom. The van der Waals surface area contributed by atoms with Crippen molar-refractivity contribution in [3.8, 4) is 0 Å². The van der Waals surface area contributed by atoms with Crippen LogP contribution in [0.3, 0.4) is 0 Å². The molecule has 8 heteroatoms. The Labute approximate surface area is 230 Å². The molecule has 1 fully saturated rings. The Hall–Kier alpha value is -3.00. The summed E-state index contributed by atoms with van der Waals surface area (Å²) in [7, 11) is -3.74. The van der Waals surface area contributed by atoms with Gasteiger partial charge >= 0.3 is 0 Å². The van der Waals surface area contributed by atoms with Gasteiger partial charge in [0.2, 0.25) is 10.0 Å². The fraction of sp³-hybridized carbons (Fsp3) is 0.333. The van der Waals surface area contributed by atoms with E-state index >= 15 is 0 Å². The van der Waals surface area contributed by atoms with Crippen LogP contribution in [-0.4, -0.2) is 37.5 Å². The first-order valence-corrected chi connectivity index (χ1v) is 14.5. The molecule has 0 bridgehead atoms. The van der Waals surface area contributed by atoms with Gasteiger partial charge in [0.15, 0.2) is 5.78 Å². The maximum Gasteiger partial charge on any atom is 0.257 e. The van der Waals surface area contributed by atoms with Crippen molar-refractivity contribution in [1.29, 1.82) is 0 Å². The number of nitrogens with zero attached hydrogens (tertiary/aromatic N) is 1. The standard InChI is InChI=1S/C30H33ClN2O4S/c1-20-14-16-33(17-15-20)38(36,37)25-12-13-27(31)26(19-25)29(35)32-24-7-5-6-22(18-24)28(34)21-8-10-23(11-9-21)30(2,3)4/h5-13,18-20H,14-17H2,1-4H3,(H,32,35). The number of carbonyl (C=O) groups excluding carboxylic acids is 2. The first-order valence-electron chi connectivity index (χ1n) is 12.7. The second-order valence-corrected chi connectivity index (χ2v) is 13.3. The van der Waals surface area contributed by atoms with E-state index in [1.54, 1.807) is 24.3 Å². The van der Waals surface area contributed by atoms with Gasteiger partial charge in [-0.3, -0.25) is 9.59 Å². The number of ketones is 1. The zero-order chi connectivity index (χ0) is 27.7. The molecule has 0 radical (unpaired) electrons. The molecule has 4 rings (SSSR count).